The molecule has 1 heterocycles. The number of hydrogen-bond acceptors (Lipinski definition) is 3. The summed E-state index contributed by atoms with van der Waals surface area (Å²) in [5, 5.41) is 13.2. The van der Waals surface area contributed by atoms with Crippen LogP contribution in [0.1, 0.15) is 22.6 Å². The van der Waals surface area contributed by atoms with Gasteiger partial charge in [0.1, 0.15) is 18.7 Å². The highest BCUT2D eigenvalue weighted by Gasteiger charge is 2.39. The van der Waals surface area contributed by atoms with Crippen LogP contribution in [-0.2, 0) is 0 Å². The molecule has 0 radical (unpaired) electrons. The SMILES string of the molecule is N#Cc1cc(/C=C/C(c2cc(Cl)c(Cl)c(Cl)c2)C(F)(F)F)ccc1-n1cncn1. The minimum atomic E-state index is -4.59. The van der Waals surface area contributed by atoms with Crippen molar-refractivity contribution in [3.63, 3.8) is 0 Å². The van der Waals surface area contributed by atoms with Crippen molar-refractivity contribution in [1.29, 1.82) is 5.26 Å². The second-order valence-electron chi connectivity index (χ2n) is 5.91. The molecule has 0 saturated carbocycles. The third kappa shape index (κ3) is 4.73. The summed E-state index contributed by atoms with van der Waals surface area (Å²) in [5.41, 5.74) is 0.961. The van der Waals surface area contributed by atoms with Gasteiger partial charge in [0.15, 0.2) is 0 Å². The van der Waals surface area contributed by atoms with Crippen LogP contribution in [0.4, 0.5) is 13.2 Å². The second-order valence-corrected chi connectivity index (χ2v) is 7.10. The molecule has 0 fully saturated rings. The summed E-state index contributed by atoms with van der Waals surface area (Å²) in [6, 6.07) is 8.87. The fourth-order valence-corrected chi connectivity index (χ4v) is 3.26. The summed E-state index contributed by atoms with van der Waals surface area (Å²) in [7, 11) is 0. The summed E-state index contributed by atoms with van der Waals surface area (Å²) in [5.74, 6) is -1.96. The summed E-state index contributed by atoms with van der Waals surface area (Å²) >= 11 is 17.6. The molecular formula is C19H10Cl3F3N4. The maximum Gasteiger partial charge on any atom is 0.399 e. The van der Waals surface area contributed by atoms with E-state index in [1.807, 2.05) is 6.07 Å². The number of aromatic nitrogens is 3. The molecule has 0 aliphatic carbocycles. The van der Waals surface area contributed by atoms with Crippen molar-refractivity contribution in [2.75, 3.05) is 0 Å². The van der Waals surface area contributed by atoms with Gasteiger partial charge in [0.2, 0.25) is 0 Å². The van der Waals surface area contributed by atoms with Gasteiger partial charge in [-0.3, -0.25) is 0 Å². The van der Waals surface area contributed by atoms with Gasteiger partial charge in [-0.15, -0.1) is 0 Å². The highest BCUT2D eigenvalue weighted by Crippen LogP contribution is 2.41. The van der Waals surface area contributed by atoms with Gasteiger partial charge >= 0.3 is 6.18 Å². The van der Waals surface area contributed by atoms with E-state index < -0.39 is 12.1 Å². The third-order valence-electron chi connectivity index (χ3n) is 4.01. The molecule has 4 nitrogen and oxygen atoms in total. The summed E-state index contributed by atoms with van der Waals surface area (Å²) < 4.78 is 42.3. The molecule has 1 unspecified atom stereocenters. The van der Waals surface area contributed by atoms with Gasteiger partial charge in [-0.1, -0.05) is 53.0 Å². The molecule has 0 amide bonds. The van der Waals surface area contributed by atoms with Gasteiger partial charge in [0, 0.05) is 0 Å². The van der Waals surface area contributed by atoms with Gasteiger partial charge in [-0.05, 0) is 35.4 Å². The van der Waals surface area contributed by atoms with Gasteiger partial charge in [0.05, 0.1) is 32.2 Å². The first-order valence-electron chi connectivity index (χ1n) is 7.99. The standard InChI is InChI=1S/C19H10Cl3F3N4/c20-15-6-12(7-16(21)18(15)22)14(19(23,24)25)3-1-11-2-4-17(13(5-11)8-26)29-10-27-9-28-29/h1-7,9-10,14H/b3-1+. The summed E-state index contributed by atoms with van der Waals surface area (Å²) in [6.45, 7) is 0. The lowest BCUT2D eigenvalue weighted by Crippen LogP contribution is -2.19. The zero-order chi connectivity index (χ0) is 21.2. The van der Waals surface area contributed by atoms with E-state index in [1.165, 1.54) is 29.5 Å². The van der Waals surface area contributed by atoms with E-state index >= 15 is 0 Å². The molecule has 1 atom stereocenters. The highest BCUT2D eigenvalue weighted by atomic mass is 35.5. The Morgan fingerprint density at radius 1 is 1.10 bits per heavy atom. The van der Waals surface area contributed by atoms with E-state index in [1.54, 1.807) is 12.1 Å². The van der Waals surface area contributed by atoms with Crippen molar-refractivity contribution in [2.45, 2.75) is 12.1 Å². The van der Waals surface area contributed by atoms with Crippen LogP contribution in [0, 0.1) is 11.3 Å². The Kier molecular flexibility index (Phi) is 6.18. The van der Waals surface area contributed by atoms with Crippen molar-refractivity contribution < 1.29 is 13.2 Å². The van der Waals surface area contributed by atoms with Gasteiger partial charge in [-0.25, -0.2) is 9.67 Å². The molecule has 0 N–H and O–H groups in total. The molecule has 10 heteroatoms. The molecule has 1 aromatic heterocycles. The number of nitrogens with zero attached hydrogens (tertiary/aromatic N) is 4. The predicted molar refractivity (Wildman–Crippen MR) is 105 cm³/mol. The number of nitriles is 1. The zero-order valence-electron chi connectivity index (χ0n) is 14.3. The normalized spacial score (nSPS) is 12.9. The van der Waals surface area contributed by atoms with Gasteiger partial charge in [0.25, 0.3) is 0 Å². The van der Waals surface area contributed by atoms with E-state index in [0.29, 0.717) is 11.3 Å². The number of hydrogen-bond donors (Lipinski definition) is 0. The number of alkyl halides is 3. The molecule has 0 aliphatic heterocycles. The van der Waals surface area contributed by atoms with Crippen LogP contribution in [0.15, 0.2) is 49.1 Å². The molecule has 2 aromatic carbocycles. The van der Waals surface area contributed by atoms with Crippen LogP contribution in [0.25, 0.3) is 11.8 Å². The van der Waals surface area contributed by atoms with Crippen molar-refractivity contribution in [3.8, 4) is 11.8 Å². The summed E-state index contributed by atoms with van der Waals surface area (Å²) in [4.78, 5) is 3.81. The van der Waals surface area contributed by atoms with Gasteiger partial charge < -0.3 is 0 Å². The lowest BCUT2D eigenvalue weighted by Gasteiger charge is -2.18. The first kappa shape index (κ1) is 21.2. The smallest absolute Gasteiger partial charge is 0.223 e. The van der Waals surface area contributed by atoms with Crippen LogP contribution < -0.4 is 0 Å². The monoisotopic (exact) mass is 456 g/mol. The molecule has 3 rings (SSSR count). The Hall–Kier alpha value is -2.53. The molecule has 0 spiro atoms. The first-order valence-corrected chi connectivity index (χ1v) is 9.12. The Labute approximate surface area is 178 Å². The largest absolute Gasteiger partial charge is 0.399 e. The topological polar surface area (TPSA) is 54.5 Å². The van der Waals surface area contributed by atoms with Crippen LogP contribution in [-0.4, -0.2) is 20.9 Å². The molecule has 0 aliphatic rings. The minimum Gasteiger partial charge on any atom is -0.223 e. The number of rotatable bonds is 4. The number of allylic oxidation sites excluding steroid dienone is 1. The fraction of sp³-hybridized carbons (Fsp3) is 0.105. The zero-order valence-corrected chi connectivity index (χ0v) is 16.6. The maximum atomic E-state index is 13.6. The average molecular weight is 458 g/mol. The van der Waals surface area contributed by atoms with Crippen molar-refractivity contribution >= 4 is 40.9 Å². The Bertz CT molecular complexity index is 1080. The molecule has 0 saturated heterocycles. The van der Waals surface area contributed by atoms with Gasteiger partial charge in [-0.2, -0.15) is 23.5 Å². The van der Waals surface area contributed by atoms with E-state index in [2.05, 4.69) is 10.1 Å². The highest BCUT2D eigenvalue weighted by molar-refractivity contribution is 6.48. The minimum absolute atomic E-state index is 0.00986. The van der Waals surface area contributed by atoms with E-state index in [0.717, 1.165) is 18.2 Å². The first-order chi connectivity index (χ1) is 13.7. The number of halogens is 6. The Morgan fingerprint density at radius 3 is 2.34 bits per heavy atom. The van der Waals surface area contributed by atoms with Crippen LogP contribution >= 0.6 is 34.8 Å². The van der Waals surface area contributed by atoms with Crippen molar-refractivity contribution in [3.05, 3.63) is 80.8 Å². The fourth-order valence-electron chi connectivity index (χ4n) is 2.65. The number of benzene rings is 2. The van der Waals surface area contributed by atoms with E-state index in [9.17, 15) is 18.4 Å². The second kappa shape index (κ2) is 8.46. The predicted octanol–water partition coefficient (Wildman–Crippen LogP) is 6.46. The lowest BCUT2D eigenvalue weighted by atomic mass is 9.96. The quantitative estimate of drug-likeness (QED) is 0.423. The van der Waals surface area contributed by atoms with E-state index in [4.69, 9.17) is 34.8 Å². The molecule has 29 heavy (non-hydrogen) atoms. The average Bonchev–Trinajstić information content (AvgIpc) is 3.19. The summed E-state index contributed by atoms with van der Waals surface area (Å²) in [6.07, 6.45) is 0.391. The molecule has 0 bridgehead atoms. The maximum absolute atomic E-state index is 13.6. The van der Waals surface area contributed by atoms with Crippen LogP contribution in [0.5, 0.6) is 0 Å². The van der Waals surface area contributed by atoms with Crippen molar-refractivity contribution in [2.24, 2.45) is 0 Å². The Morgan fingerprint density at radius 2 is 1.79 bits per heavy atom. The van der Waals surface area contributed by atoms with Crippen LogP contribution in [0.2, 0.25) is 15.1 Å². The molecule has 3 aromatic rings. The van der Waals surface area contributed by atoms with Crippen molar-refractivity contribution in [1.82, 2.24) is 14.8 Å². The third-order valence-corrected chi connectivity index (χ3v) is 5.20. The lowest BCUT2D eigenvalue weighted by molar-refractivity contribution is -0.139. The molecule has 148 valence electrons. The van der Waals surface area contributed by atoms with Crippen LogP contribution in [0.3, 0.4) is 0 Å². The molecular weight excluding hydrogens is 448 g/mol. The van der Waals surface area contributed by atoms with E-state index in [-0.39, 0.29) is 26.2 Å². The Balaban J connectivity index is 1.98.